The van der Waals surface area contributed by atoms with Crippen molar-refractivity contribution in [1.82, 2.24) is 15.2 Å². The Kier molecular flexibility index (Phi) is 9.15. The molecule has 1 saturated heterocycles. The number of halogens is 1. The minimum absolute atomic E-state index is 0. The number of piperidine rings is 1. The molecular formula is C26H35ClN4O. The lowest BCUT2D eigenvalue weighted by atomic mass is 9.98. The van der Waals surface area contributed by atoms with Crippen LogP contribution in [0.25, 0.3) is 22.2 Å². The van der Waals surface area contributed by atoms with Crippen molar-refractivity contribution in [1.29, 1.82) is 0 Å². The minimum atomic E-state index is 0. The molecule has 6 heteroatoms. The maximum absolute atomic E-state index is 5.29. The second-order valence-corrected chi connectivity index (χ2v) is 8.54. The molecule has 1 aromatic heterocycles. The van der Waals surface area contributed by atoms with Crippen molar-refractivity contribution in [2.75, 3.05) is 52.2 Å². The van der Waals surface area contributed by atoms with E-state index in [1.807, 2.05) is 18.2 Å². The highest BCUT2D eigenvalue weighted by Gasteiger charge is 2.14. The molecule has 5 nitrogen and oxygen atoms in total. The van der Waals surface area contributed by atoms with E-state index in [0.29, 0.717) is 0 Å². The van der Waals surface area contributed by atoms with Crippen LogP contribution in [-0.4, -0.2) is 56.8 Å². The summed E-state index contributed by atoms with van der Waals surface area (Å²) in [5.74, 6) is 1.70. The fourth-order valence-electron chi connectivity index (χ4n) is 4.40. The first-order valence-corrected chi connectivity index (χ1v) is 11.4. The predicted octanol–water partition coefficient (Wildman–Crippen LogP) is 5.07. The van der Waals surface area contributed by atoms with Gasteiger partial charge in [0.15, 0.2) is 0 Å². The normalized spacial score (nSPS) is 14.3. The lowest BCUT2D eigenvalue weighted by Gasteiger charge is -2.27. The summed E-state index contributed by atoms with van der Waals surface area (Å²) in [6, 6.07) is 18.6. The number of hydrogen-bond acceptors (Lipinski definition) is 5. The Bertz CT molecular complexity index is 973. The van der Waals surface area contributed by atoms with E-state index < -0.39 is 0 Å². The van der Waals surface area contributed by atoms with Gasteiger partial charge in [0.2, 0.25) is 0 Å². The number of nitrogens with one attached hydrogen (secondary N) is 2. The maximum atomic E-state index is 5.29. The number of hydrogen-bond donors (Lipinski definition) is 2. The first-order valence-electron chi connectivity index (χ1n) is 11.4. The molecule has 3 aromatic rings. The van der Waals surface area contributed by atoms with E-state index in [4.69, 9.17) is 9.72 Å². The Balaban J connectivity index is 0.00000289. The quantitative estimate of drug-likeness (QED) is 0.442. The smallest absolute Gasteiger partial charge is 0.118 e. The second kappa shape index (κ2) is 12.0. The molecule has 1 fully saturated rings. The molecule has 2 aromatic carbocycles. The number of ether oxygens (including phenoxy) is 1. The van der Waals surface area contributed by atoms with Gasteiger partial charge in [-0.3, -0.25) is 0 Å². The number of aromatic nitrogens is 1. The molecule has 0 atom stereocenters. The van der Waals surface area contributed by atoms with Crippen LogP contribution < -0.4 is 15.4 Å². The summed E-state index contributed by atoms with van der Waals surface area (Å²) in [4.78, 5) is 7.38. The number of methoxy groups -OCH3 is 1. The Morgan fingerprint density at radius 2 is 1.84 bits per heavy atom. The van der Waals surface area contributed by atoms with E-state index in [9.17, 15) is 0 Å². The van der Waals surface area contributed by atoms with Crippen molar-refractivity contribution in [3.05, 3.63) is 54.6 Å². The summed E-state index contributed by atoms with van der Waals surface area (Å²) in [5, 5.41) is 8.30. The van der Waals surface area contributed by atoms with Crippen LogP contribution in [0.2, 0.25) is 0 Å². The van der Waals surface area contributed by atoms with E-state index >= 15 is 0 Å². The third-order valence-electron chi connectivity index (χ3n) is 6.16. The van der Waals surface area contributed by atoms with Gasteiger partial charge < -0.3 is 20.3 Å². The number of para-hydroxylation sites is 1. The zero-order chi connectivity index (χ0) is 21.5. The molecule has 2 heterocycles. The Morgan fingerprint density at radius 3 is 2.59 bits per heavy atom. The van der Waals surface area contributed by atoms with Gasteiger partial charge in [-0.15, -0.1) is 12.4 Å². The first kappa shape index (κ1) is 24.3. The molecule has 0 unspecified atom stereocenters. The number of rotatable bonds is 9. The van der Waals surface area contributed by atoms with Gasteiger partial charge >= 0.3 is 0 Å². The zero-order valence-corrected chi connectivity index (χ0v) is 20.0. The van der Waals surface area contributed by atoms with Crippen LogP contribution >= 0.6 is 12.4 Å². The number of benzene rings is 2. The topological polar surface area (TPSA) is 49.4 Å². The van der Waals surface area contributed by atoms with Crippen molar-refractivity contribution < 1.29 is 4.74 Å². The summed E-state index contributed by atoms with van der Waals surface area (Å²) in [6.07, 6.45) is 3.73. The Hall–Kier alpha value is -2.34. The summed E-state index contributed by atoms with van der Waals surface area (Å²) in [5.41, 5.74) is 4.24. The third kappa shape index (κ3) is 6.35. The molecule has 172 valence electrons. The molecule has 1 aliphatic rings. The lowest BCUT2D eigenvalue weighted by molar-refractivity contribution is 0.240. The fourth-order valence-corrected chi connectivity index (χ4v) is 4.40. The van der Waals surface area contributed by atoms with Crippen molar-refractivity contribution in [2.24, 2.45) is 5.92 Å². The number of pyridine rings is 1. The summed E-state index contributed by atoms with van der Waals surface area (Å²) < 4.78 is 5.29. The van der Waals surface area contributed by atoms with Gasteiger partial charge in [0.05, 0.1) is 18.3 Å². The standard InChI is InChI=1S/C26H34N4O.ClH/c1-30(19-20-12-15-27-16-13-20)17-5-14-28-26-18-25(21-8-10-22(31-2)11-9-21)29-24-7-4-3-6-23(24)26;/h3-4,6-11,18,20,27H,5,12-17,19H2,1-2H3,(H,28,29);1H. The van der Waals surface area contributed by atoms with Crippen LogP contribution in [0.15, 0.2) is 54.6 Å². The van der Waals surface area contributed by atoms with Gasteiger partial charge in [0.1, 0.15) is 5.75 Å². The Labute approximate surface area is 198 Å². The van der Waals surface area contributed by atoms with Crippen LogP contribution in [0.1, 0.15) is 19.3 Å². The molecule has 4 rings (SSSR count). The molecule has 0 saturated carbocycles. The molecule has 0 bridgehead atoms. The monoisotopic (exact) mass is 454 g/mol. The van der Waals surface area contributed by atoms with Crippen LogP contribution in [0.4, 0.5) is 5.69 Å². The minimum Gasteiger partial charge on any atom is -0.497 e. The maximum Gasteiger partial charge on any atom is 0.118 e. The van der Waals surface area contributed by atoms with Crippen molar-refractivity contribution in [2.45, 2.75) is 19.3 Å². The van der Waals surface area contributed by atoms with Crippen molar-refractivity contribution >= 4 is 29.0 Å². The number of fused-ring (bicyclic) bond motifs is 1. The lowest BCUT2D eigenvalue weighted by Crippen LogP contribution is -2.35. The summed E-state index contributed by atoms with van der Waals surface area (Å²) >= 11 is 0. The molecule has 32 heavy (non-hydrogen) atoms. The second-order valence-electron chi connectivity index (χ2n) is 8.54. The van der Waals surface area contributed by atoms with Crippen LogP contribution in [0.3, 0.4) is 0 Å². The third-order valence-corrected chi connectivity index (χ3v) is 6.16. The van der Waals surface area contributed by atoms with E-state index in [0.717, 1.165) is 53.6 Å². The van der Waals surface area contributed by atoms with Gasteiger partial charge in [-0.25, -0.2) is 4.98 Å². The van der Waals surface area contributed by atoms with Crippen molar-refractivity contribution in [3.63, 3.8) is 0 Å². The number of nitrogens with zero attached hydrogens (tertiary/aromatic N) is 2. The highest BCUT2D eigenvalue weighted by atomic mass is 35.5. The molecule has 0 amide bonds. The van der Waals surface area contributed by atoms with Crippen LogP contribution in [0, 0.1) is 5.92 Å². The van der Waals surface area contributed by atoms with Crippen LogP contribution in [0.5, 0.6) is 5.75 Å². The molecule has 0 aliphatic carbocycles. The highest BCUT2D eigenvalue weighted by molar-refractivity contribution is 5.93. The van der Waals surface area contributed by atoms with Gasteiger partial charge in [0, 0.05) is 29.7 Å². The van der Waals surface area contributed by atoms with E-state index in [1.54, 1.807) is 7.11 Å². The molecule has 2 N–H and O–H groups in total. The average Bonchev–Trinajstić information content (AvgIpc) is 2.82. The molecular weight excluding hydrogens is 420 g/mol. The summed E-state index contributed by atoms with van der Waals surface area (Å²) in [7, 11) is 3.95. The summed E-state index contributed by atoms with van der Waals surface area (Å²) in [6.45, 7) is 5.62. The first-order chi connectivity index (χ1) is 15.2. The van der Waals surface area contributed by atoms with Crippen LogP contribution in [-0.2, 0) is 0 Å². The van der Waals surface area contributed by atoms with Gasteiger partial charge in [-0.1, -0.05) is 18.2 Å². The Morgan fingerprint density at radius 1 is 1.09 bits per heavy atom. The number of anilines is 1. The van der Waals surface area contributed by atoms with E-state index in [-0.39, 0.29) is 12.4 Å². The largest absolute Gasteiger partial charge is 0.497 e. The van der Waals surface area contributed by atoms with Gasteiger partial charge in [-0.05, 0) is 88.3 Å². The fraction of sp³-hybridized carbons (Fsp3) is 0.423. The molecule has 0 radical (unpaired) electrons. The van der Waals surface area contributed by atoms with E-state index in [2.05, 4.69) is 59.0 Å². The average molecular weight is 455 g/mol. The molecule has 1 aliphatic heterocycles. The molecule has 0 spiro atoms. The SMILES string of the molecule is COc1ccc(-c2cc(NCCCN(C)CC3CCNCC3)c3ccccc3n2)cc1.Cl. The van der Waals surface area contributed by atoms with Gasteiger partial charge in [0.25, 0.3) is 0 Å². The zero-order valence-electron chi connectivity index (χ0n) is 19.1. The van der Waals surface area contributed by atoms with E-state index in [1.165, 1.54) is 37.9 Å². The van der Waals surface area contributed by atoms with Gasteiger partial charge in [-0.2, -0.15) is 0 Å². The highest BCUT2D eigenvalue weighted by Crippen LogP contribution is 2.29. The predicted molar refractivity (Wildman–Crippen MR) is 137 cm³/mol. The van der Waals surface area contributed by atoms with Crippen molar-refractivity contribution in [3.8, 4) is 17.0 Å².